The second-order valence-electron chi connectivity index (χ2n) is 6.59. The Hall–Kier alpha value is -1.68. The molecule has 1 aliphatic heterocycles. The number of benzene rings is 1. The summed E-state index contributed by atoms with van der Waals surface area (Å²) in [5.41, 5.74) is 1.24. The number of rotatable bonds is 10. The molecule has 9 heteroatoms. The van der Waals surface area contributed by atoms with Crippen molar-refractivity contribution in [3.63, 3.8) is 0 Å². The van der Waals surface area contributed by atoms with Crippen LogP contribution in [0.5, 0.6) is 5.75 Å². The van der Waals surface area contributed by atoms with Gasteiger partial charge in [-0.05, 0) is 49.8 Å². The van der Waals surface area contributed by atoms with E-state index in [9.17, 15) is 0 Å². The fourth-order valence-electron chi connectivity index (χ4n) is 3.11. The predicted molar refractivity (Wildman–Crippen MR) is 117 cm³/mol. The topological polar surface area (TPSA) is 54.8 Å². The number of nitrogens with one attached hydrogen (secondary N) is 1. The maximum atomic E-state index is 5.49. The van der Waals surface area contributed by atoms with Gasteiger partial charge < -0.3 is 19.7 Å². The van der Waals surface area contributed by atoms with E-state index in [1.54, 1.807) is 7.11 Å². The van der Waals surface area contributed by atoms with Crippen molar-refractivity contribution in [2.24, 2.45) is 0 Å². The first kappa shape index (κ1) is 21.0. The molecule has 0 amide bonds. The van der Waals surface area contributed by atoms with Crippen molar-refractivity contribution >= 4 is 34.4 Å². The minimum Gasteiger partial charge on any atom is -0.497 e. The first-order valence-corrected chi connectivity index (χ1v) is 10.9. The molecule has 1 saturated heterocycles. The summed E-state index contributed by atoms with van der Waals surface area (Å²) >= 11 is 7.02. The summed E-state index contributed by atoms with van der Waals surface area (Å²) < 4.78 is 13.3. The van der Waals surface area contributed by atoms with Crippen molar-refractivity contribution < 1.29 is 9.47 Å². The zero-order valence-corrected chi connectivity index (χ0v) is 18.2. The Labute approximate surface area is 175 Å². The lowest BCUT2D eigenvalue weighted by Crippen LogP contribution is -2.46. The summed E-state index contributed by atoms with van der Waals surface area (Å²) in [6, 6.07) is 8.27. The molecule has 154 valence electrons. The van der Waals surface area contributed by atoms with Crippen LogP contribution in [0.1, 0.15) is 13.3 Å². The van der Waals surface area contributed by atoms with Gasteiger partial charge in [0, 0.05) is 51.6 Å². The van der Waals surface area contributed by atoms with Crippen LogP contribution in [0.3, 0.4) is 0 Å². The van der Waals surface area contributed by atoms with E-state index in [1.807, 2.05) is 23.7 Å². The van der Waals surface area contributed by atoms with Gasteiger partial charge in [0.2, 0.25) is 5.13 Å². The molecule has 0 radical (unpaired) electrons. The van der Waals surface area contributed by atoms with Crippen LogP contribution in [0.25, 0.3) is 0 Å². The molecule has 3 rings (SSSR count). The molecule has 2 aromatic rings. The van der Waals surface area contributed by atoms with Crippen LogP contribution in [0.4, 0.5) is 10.8 Å². The number of nitrogens with zero attached hydrogens (tertiary/aromatic N) is 4. The highest BCUT2D eigenvalue weighted by Gasteiger charge is 2.18. The van der Waals surface area contributed by atoms with Crippen molar-refractivity contribution in [2.45, 2.75) is 20.0 Å². The molecule has 0 bridgehead atoms. The standard InChI is InChI=1S/C19H29N5O2S2/c1-3-26-14-4-9-20-18-21-24(19(27)28-18)15-22-10-12-23(13-11-22)16-5-7-17(25-2)8-6-16/h5-8H,3-4,9-15H2,1-2H3,(H,20,21). The Kier molecular flexibility index (Phi) is 8.08. The maximum absolute atomic E-state index is 5.49. The van der Waals surface area contributed by atoms with E-state index >= 15 is 0 Å². The van der Waals surface area contributed by atoms with Crippen LogP contribution in [-0.4, -0.2) is 67.7 Å². The van der Waals surface area contributed by atoms with Gasteiger partial charge in [0.25, 0.3) is 0 Å². The Morgan fingerprint density at radius 3 is 2.61 bits per heavy atom. The summed E-state index contributed by atoms with van der Waals surface area (Å²) in [5, 5.41) is 8.86. The molecule has 1 N–H and O–H groups in total. The van der Waals surface area contributed by atoms with Gasteiger partial charge in [-0.25, -0.2) is 4.68 Å². The SMILES string of the molecule is CCOCCCNc1nn(CN2CCN(c3ccc(OC)cc3)CC2)c(=S)s1. The molecule has 1 aromatic heterocycles. The fraction of sp³-hybridized carbons (Fsp3) is 0.579. The average Bonchev–Trinajstić information content (AvgIpc) is 3.07. The predicted octanol–water partition coefficient (Wildman–Crippen LogP) is 3.30. The summed E-state index contributed by atoms with van der Waals surface area (Å²) in [5.74, 6) is 0.891. The second kappa shape index (κ2) is 10.8. The van der Waals surface area contributed by atoms with Crippen LogP contribution in [0, 0.1) is 3.95 Å². The Morgan fingerprint density at radius 1 is 1.18 bits per heavy atom. The van der Waals surface area contributed by atoms with E-state index in [1.165, 1.54) is 17.0 Å². The van der Waals surface area contributed by atoms with Gasteiger partial charge in [-0.15, -0.1) is 5.10 Å². The molecule has 2 heterocycles. The molecular weight excluding hydrogens is 394 g/mol. The summed E-state index contributed by atoms with van der Waals surface area (Å²) in [6.07, 6.45) is 0.966. The van der Waals surface area contributed by atoms with Crippen molar-refractivity contribution in [1.82, 2.24) is 14.7 Å². The summed E-state index contributed by atoms with van der Waals surface area (Å²) in [4.78, 5) is 4.80. The first-order chi connectivity index (χ1) is 13.7. The number of piperazine rings is 1. The molecule has 1 aliphatic rings. The normalized spacial score (nSPS) is 15.0. The number of hydrogen-bond acceptors (Lipinski definition) is 8. The summed E-state index contributed by atoms with van der Waals surface area (Å²) in [6.45, 7) is 9.10. The number of anilines is 2. The Morgan fingerprint density at radius 2 is 1.93 bits per heavy atom. The minimum absolute atomic E-state index is 0.742. The van der Waals surface area contributed by atoms with Crippen molar-refractivity contribution in [2.75, 3.05) is 63.3 Å². The first-order valence-electron chi connectivity index (χ1n) is 9.70. The molecule has 0 spiro atoms. The maximum Gasteiger partial charge on any atom is 0.204 e. The van der Waals surface area contributed by atoms with Gasteiger partial charge >= 0.3 is 0 Å². The minimum atomic E-state index is 0.742. The number of hydrogen-bond donors (Lipinski definition) is 1. The van der Waals surface area contributed by atoms with Crippen molar-refractivity contribution in [3.05, 3.63) is 28.2 Å². The zero-order valence-electron chi connectivity index (χ0n) is 16.6. The van der Waals surface area contributed by atoms with Crippen molar-refractivity contribution in [1.29, 1.82) is 0 Å². The highest BCUT2D eigenvalue weighted by molar-refractivity contribution is 7.73. The number of aromatic nitrogens is 2. The molecular formula is C19H29N5O2S2. The van der Waals surface area contributed by atoms with Crippen LogP contribution in [0.2, 0.25) is 0 Å². The molecule has 1 fully saturated rings. The van der Waals surface area contributed by atoms with E-state index in [0.29, 0.717) is 0 Å². The van der Waals surface area contributed by atoms with E-state index in [4.69, 9.17) is 21.7 Å². The third kappa shape index (κ3) is 5.91. The van der Waals surface area contributed by atoms with E-state index in [0.717, 1.165) is 73.9 Å². The Balaban J connectivity index is 1.45. The summed E-state index contributed by atoms with van der Waals surface area (Å²) in [7, 11) is 1.69. The smallest absolute Gasteiger partial charge is 0.204 e. The molecule has 1 aromatic carbocycles. The average molecular weight is 424 g/mol. The van der Waals surface area contributed by atoms with E-state index < -0.39 is 0 Å². The van der Waals surface area contributed by atoms with Crippen LogP contribution in [0.15, 0.2) is 24.3 Å². The lowest BCUT2D eigenvalue weighted by molar-refractivity contribution is 0.147. The van der Waals surface area contributed by atoms with Crippen molar-refractivity contribution in [3.8, 4) is 5.75 Å². The van der Waals surface area contributed by atoms with E-state index in [-0.39, 0.29) is 0 Å². The van der Waals surface area contributed by atoms with Gasteiger partial charge in [-0.2, -0.15) is 0 Å². The van der Waals surface area contributed by atoms with Gasteiger partial charge in [0.1, 0.15) is 5.75 Å². The monoisotopic (exact) mass is 423 g/mol. The zero-order chi connectivity index (χ0) is 19.8. The van der Waals surface area contributed by atoms with Crippen LogP contribution >= 0.6 is 23.6 Å². The molecule has 0 unspecified atom stereocenters. The molecule has 0 atom stereocenters. The quantitative estimate of drug-likeness (QED) is 0.465. The number of methoxy groups -OCH3 is 1. The fourth-order valence-corrected chi connectivity index (χ4v) is 4.13. The third-order valence-electron chi connectivity index (χ3n) is 4.70. The highest BCUT2D eigenvalue weighted by Crippen LogP contribution is 2.21. The molecule has 0 aliphatic carbocycles. The van der Waals surface area contributed by atoms with Gasteiger partial charge in [-0.3, -0.25) is 4.90 Å². The van der Waals surface area contributed by atoms with Gasteiger partial charge in [-0.1, -0.05) is 11.3 Å². The van der Waals surface area contributed by atoms with Gasteiger partial charge in [0.05, 0.1) is 13.8 Å². The third-order valence-corrected chi connectivity index (χ3v) is 5.96. The molecule has 28 heavy (non-hydrogen) atoms. The van der Waals surface area contributed by atoms with Crippen LogP contribution < -0.4 is 15.0 Å². The van der Waals surface area contributed by atoms with Gasteiger partial charge in [0.15, 0.2) is 3.95 Å². The highest BCUT2D eigenvalue weighted by atomic mass is 32.1. The lowest BCUT2D eigenvalue weighted by Gasteiger charge is -2.35. The van der Waals surface area contributed by atoms with E-state index in [2.05, 4.69) is 32.3 Å². The molecule has 7 nitrogen and oxygen atoms in total. The lowest BCUT2D eigenvalue weighted by atomic mass is 10.2. The molecule has 0 saturated carbocycles. The second-order valence-corrected chi connectivity index (χ2v) is 8.22. The number of ether oxygens (including phenoxy) is 2. The Bertz CT molecular complexity index is 769. The largest absolute Gasteiger partial charge is 0.497 e. The van der Waals surface area contributed by atoms with Crippen LogP contribution in [-0.2, 0) is 11.4 Å².